The van der Waals surface area contributed by atoms with E-state index in [0.29, 0.717) is 28.6 Å². The molecule has 2 N–H and O–H groups in total. The normalized spacial score (nSPS) is 16.3. The van der Waals surface area contributed by atoms with Gasteiger partial charge in [-0.2, -0.15) is 0 Å². The van der Waals surface area contributed by atoms with Crippen LogP contribution in [-0.2, 0) is 0 Å². The van der Waals surface area contributed by atoms with Crippen LogP contribution >= 0.6 is 11.8 Å². The van der Waals surface area contributed by atoms with Gasteiger partial charge in [0.25, 0.3) is 5.56 Å². The number of hydrogen-bond acceptors (Lipinski definition) is 7. The lowest BCUT2D eigenvalue weighted by atomic mass is 10.1. The van der Waals surface area contributed by atoms with E-state index >= 15 is 0 Å². The number of furan rings is 1. The van der Waals surface area contributed by atoms with Crippen LogP contribution in [0.3, 0.4) is 0 Å². The molecule has 0 bridgehead atoms. The van der Waals surface area contributed by atoms with E-state index in [1.165, 1.54) is 22.7 Å². The second-order valence-electron chi connectivity index (χ2n) is 6.37. The van der Waals surface area contributed by atoms with E-state index in [0.717, 1.165) is 27.9 Å². The molecule has 0 spiro atoms. The number of fused-ring (bicyclic) bond motifs is 2. The van der Waals surface area contributed by atoms with Gasteiger partial charge in [-0.15, -0.1) is 0 Å². The molecular formula is C21H20N4O3S. The second kappa shape index (κ2) is 8.10. The standard InChI is InChI=1S/C21H20N4O3S/c1-3-15(23-8-4-9-26)17-18-19(29-20(17)22-2)21(27)25(12-24-18)14-5-6-16-13(11-14)7-10-28-16/h3,5-7,10-12,23,26H,1,4,8-9H2,2H3/b17-15+,22-20+. The maximum absolute atomic E-state index is 13.2. The molecule has 29 heavy (non-hydrogen) atoms. The van der Waals surface area contributed by atoms with E-state index in [9.17, 15) is 4.79 Å². The zero-order chi connectivity index (χ0) is 20.4. The molecule has 0 aliphatic carbocycles. The zero-order valence-electron chi connectivity index (χ0n) is 15.9. The number of aromatic nitrogens is 2. The molecule has 0 atom stereocenters. The molecule has 0 fully saturated rings. The van der Waals surface area contributed by atoms with Gasteiger partial charge in [-0.1, -0.05) is 18.3 Å². The Labute approximate surface area is 171 Å². The number of aliphatic imine (C=N–C) groups is 1. The Hall–Kier alpha value is -3.10. The van der Waals surface area contributed by atoms with Gasteiger partial charge in [0.2, 0.25) is 0 Å². The highest BCUT2D eigenvalue weighted by atomic mass is 32.2. The third kappa shape index (κ3) is 3.41. The predicted molar refractivity (Wildman–Crippen MR) is 116 cm³/mol. The lowest BCUT2D eigenvalue weighted by molar-refractivity contribution is 0.288. The van der Waals surface area contributed by atoms with Gasteiger partial charge in [0, 0.05) is 31.3 Å². The summed E-state index contributed by atoms with van der Waals surface area (Å²) in [6, 6.07) is 7.42. The average Bonchev–Trinajstić information content (AvgIpc) is 3.36. The Bertz CT molecular complexity index is 1210. The quantitative estimate of drug-likeness (QED) is 0.609. The first-order chi connectivity index (χ1) is 14.2. The van der Waals surface area contributed by atoms with Crippen LogP contribution in [-0.4, -0.2) is 39.9 Å². The van der Waals surface area contributed by atoms with Crippen LogP contribution in [0, 0.1) is 0 Å². The van der Waals surface area contributed by atoms with E-state index in [4.69, 9.17) is 9.52 Å². The van der Waals surface area contributed by atoms with Crippen LogP contribution in [0.5, 0.6) is 0 Å². The van der Waals surface area contributed by atoms with Gasteiger partial charge in [-0.3, -0.25) is 14.4 Å². The summed E-state index contributed by atoms with van der Waals surface area (Å²) in [4.78, 5) is 22.7. The number of benzene rings is 1. The number of nitrogens with one attached hydrogen (secondary N) is 1. The highest BCUT2D eigenvalue weighted by molar-refractivity contribution is 8.15. The van der Waals surface area contributed by atoms with Crippen LogP contribution in [0.25, 0.3) is 22.2 Å². The topological polar surface area (TPSA) is 92.7 Å². The Morgan fingerprint density at radius 1 is 1.45 bits per heavy atom. The van der Waals surface area contributed by atoms with E-state index in [2.05, 4.69) is 21.9 Å². The van der Waals surface area contributed by atoms with Gasteiger partial charge >= 0.3 is 0 Å². The smallest absolute Gasteiger partial charge is 0.272 e. The molecule has 148 valence electrons. The van der Waals surface area contributed by atoms with Crippen molar-refractivity contribution in [2.75, 3.05) is 20.2 Å². The summed E-state index contributed by atoms with van der Waals surface area (Å²) < 4.78 is 6.90. The lowest BCUT2D eigenvalue weighted by Crippen LogP contribution is -2.21. The monoisotopic (exact) mass is 408 g/mol. The molecule has 0 saturated heterocycles. The summed E-state index contributed by atoms with van der Waals surface area (Å²) in [6.07, 6.45) is 5.45. The van der Waals surface area contributed by atoms with Crippen LogP contribution in [0.4, 0.5) is 0 Å². The number of hydrogen-bond donors (Lipinski definition) is 2. The van der Waals surface area contributed by atoms with Gasteiger partial charge in [0.15, 0.2) is 0 Å². The molecule has 1 aliphatic heterocycles. The molecule has 2 aromatic heterocycles. The average molecular weight is 408 g/mol. The van der Waals surface area contributed by atoms with Crippen LogP contribution in [0.15, 0.2) is 74.3 Å². The van der Waals surface area contributed by atoms with Gasteiger partial charge in [0.1, 0.15) is 21.8 Å². The Kier molecular flexibility index (Phi) is 5.37. The molecule has 1 aliphatic rings. The maximum atomic E-state index is 13.2. The third-order valence-electron chi connectivity index (χ3n) is 4.62. The van der Waals surface area contributed by atoms with Crippen molar-refractivity contribution >= 4 is 33.3 Å². The first-order valence-corrected chi connectivity index (χ1v) is 9.95. The number of aliphatic hydroxyl groups is 1. The minimum atomic E-state index is -0.155. The first kappa shape index (κ1) is 19.2. The number of aliphatic hydroxyl groups excluding tert-OH is 1. The molecule has 0 saturated carbocycles. The van der Waals surface area contributed by atoms with Crippen molar-refractivity contribution in [2.24, 2.45) is 4.99 Å². The largest absolute Gasteiger partial charge is 0.464 e. The van der Waals surface area contributed by atoms with E-state index in [1.807, 2.05) is 24.3 Å². The molecule has 1 aromatic carbocycles. The summed E-state index contributed by atoms with van der Waals surface area (Å²) in [6.45, 7) is 4.55. The van der Waals surface area contributed by atoms with Crippen LogP contribution < -0.4 is 10.9 Å². The van der Waals surface area contributed by atoms with Crippen molar-refractivity contribution in [3.63, 3.8) is 0 Å². The van der Waals surface area contributed by atoms with Crippen molar-refractivity contribution < 1.29 is 9.52 Å². The summed E-state index contributed by atoms with van der Waals surface area (Å²) in [5, 5.41) is 13.9. The number of nitrogens with zero attached hydrogens (tertiary/aromatic N) is 3. The molecular weight excluding hydrogens is 388 g/mol. The lowest BCUT2D eigenvalue weighted by Gasteiger charge is -2.11. The van der Waals surface area contributed by atoms with Crippen molar-refractivity contribution in [3.8, 4) is 5.69 Å². The maximum Gasteiger partial charge on any atom is 0.272 e. The SMILES string of the molecule is C=C/C(NCCCO)=C1\C(=N/C)Sc2c1ncn(-c1ccc3occc3c1)c2=O. The first-order valence-electron chi connectivity index (χ1n) is 9.14. The molecule has 0 radical (unpaired) electrons. The van der Waals surface area contributed by atoms with Crippen LogP contribution in [0.1, 0.15) is 12.1 Å². The molecule has 3 aromatic rings. The summed E-state index contributed by atoms with van der Waals surface area (Å²) in [7, 11) is 1.69. The van der Waals surface area contributed by atoms with E-state index in [1.54, 1.807) is 19.4 Å². The Morgan fingerprint density at radius 2 is 2.31 bits per heavy atom. The third-order valence-corrected chi connectivity index (χ3v) is 5.77. The molecule has 0 amide bonds. The molecule has 0 unspecified atom stereocenters. The van der Waals surface area contributed by atoms with E-state index < -0.39 is 0 Å². The second-order valence-corrected chi connectivity index (χ2v) is 7.37. The van der Waals surface area contributed by atoms with Gasteiger partial charge < -0.3 is 14.8 Å². The highest BCUT2D eigenvalue weighted by Gasteiger charge is 2.31. The molecule has 8 heteroatoms. The van der Waals surface area contributed by atoms with Crippen molar-refractivity contribution in [3.05, 3.63) is 71.3 Å². The Balaban J connectivity index is 1.82. The molecule has 7 nitrogen and oxygen atoms in total. The van der Waals surface area contributed by atoms with Crippen molar-refractivity contribution in [1.29, 1.82) is 0 Å². The molecule has 3 heterocycles. The van der Waals surface area contributed by atoms with Gasteiger partial charge in [-0.05, 0) is 36.8 Å². The minimum absolute atomic E-state index is 0.0940. The fourth-order valence-corrected chi connectivity index (χ4v) is 4.24. The van der Waals surface area contributed by atoms with E-state index in [-0.39, 0.29) is 12.2 Å². The highest BCUT2D eigenvalue weighted by Crippen LogP contribution is 2.39. The predicted octanol–water partition coefficient (Wildman–Crippen LogP) is 2.98. The number of thioether (sulfide) groups is 1. The Morgan fingerprint density at radius 3 is 3.07 bits per heavy atom. The van der Waals surface area contributed by atoms with Crippen LogP contribution in [0.2, 0.25) is 0 Å². The van der Waals surface area contributed by atoms with Crippen molar-refractivity contribution in [1.82, 2.24) is 14.9 Å². The number of allylic oxidation sites excluding steroid dienone is 1. The van der Waals surface area contributed by atoms with Crippen molar-refractivity contribution in [2.45, 2.75) is 11.3 Å². The fourth-order valence-electron chi connectivity index (χ4n) is 3.21. The molecule has 4 rings (SSSR count). The number of rotatable bonds is 6. The van der Waals surface area contributed by atoms with Gasteiger partial charge in [-0.25, -0.2) is 4.98 Å². The zero-order valence-corrected chi connectivity index (χ0v) is 16.7. The summed E-state index contributed by atoms with van der Waals surface area (Å²) in [5.74, 6) is 0. The fraction of sp³-hybridized carbons (Fsp3) is 0.190. The minimum Gasteiger partial charge on any atom is -0.464 e. The summed E-state index contributed by atoms with van der Waals surface area (Å²) in [5.41, 5.74) is 3.42. The van der Waals surface area contributed by atoms with Gasteiger partial charge in [0.05, 0.1) is 23.2 Å². The summed E-state index contributed by atoms with van der Waals surface area (Å²) >= 11 is 1.31.